The van der Waals surface area contributed by atoms with E-state index in [1.807, 2.05) is 0 Å². The van der Waals surface area contributed by atoms with Gasteiger partial charge in [0.1, 0.15) is 22.8 Å². The van der Waals surface area contributed by atoms with Gasteiger partial charge in [-0.1, -0.05) is 12.1 Å². The molecule has 10 nitrogen and oxygen atoms in total. The number of carbonyl (C=O) groups excluding carboxylic acids is 1. The molecular formula is C25H22O10. The number of aliphatic hydroxyl groups excluding tert-OH is 2. The van der Waals surface area contributed by atoms with E-state index in [4.69, 9.17) is 18.9 Å². The van der Waals surface area contributed by atoms with Crippen LogP contribution in [0.15, 0.2) is 48.5 Å². The van der Waals surface area contributed by atoms with E-state index >= 15 is 0 Å². The van der Waals surface area contributed by atoms with E-state index in [2.05, 4.69) is 0 Å². The molecule has 0 aromatic heterocycles. The first-order chi connectivity index (χ1) is 16.8. The van der Waals surface area contributed by atoms with Gasteiger partial charge in [-0.15, -0.1) is 0 Å². The third-order valence-electron chi connectivity index (χ3n) is 6.00. The van der Waals surface area contributed by atoms with Crippen molar-refractivity contribution in [3.05, 3.63) is 65.2 Å². The Hall–Kier alpha value is -4.15. The fraction of sp³-hybridized carbons (Fsp3) is 0.240. The van der Waals surface area contributed by atoms with Gasteiger partial charge in [0, 0.05) is 17.7 Å². The second-order valence-electron chi connectivity index (χ2n) is 8.20. The predicted molar refractivity (Wildman–Crippen MR) is 119 cm³/mol. The molecular weight excluding hydrogens is 460 g/mol. The van der Waals surface area contributed by atoms with Crippen LogP contribution in [0.1, 0.15) is 33.7 Å². The number of benzene rings is 3. The number of phenols is 3. The largest absolute Gasteiger partial charge is 0.508 e. The first-order valence-electron chi connectivity index (χ1n) is 10.7. The molecule has 0 saturated heterocycles. The second kappa shape index (κ2) is 8.57. The Morgan fingerprint density at radius 1 is 0.829 bits per heavy atom. The van der Waals surface area contributed by atoms with Gasteiger partial charge in [0.15, 0.2) is 47.4 Å². The molecule has 3 aromatic rings. The average molecular weight is 482 g/mol. The predicted octanol–water partition coefficient (Wildman–Crippen LogP) is 2.36. The number of ketones is 1. The number of ether oxygens (including phenoxy) is 4. The summed E-state index contributed by atoms with van der Waals surface area (Å²) in [6.45, 7) is -0.349. The summed E-state index contributed by atoms with van der Waals surface area (Å²) in [5, 5.41) is 50.2. The molecule has 0 saturated carbocycles. The summed E-state index contributed by atoms with van der Waals surface area (Å²) in [6, 6.07) is 11.5. The summed E-state index contributed by atoms with van der Waals surface area (Å²) >= 11 is 0. The van der Waals surface area contributed by atoms with Gasteiger partial charge in [0.25, 0.3) is 0 Å². The van der Waals surface area contributed by atoms with Gasteiger partial charge >= 0.3 is 0 Å². The van der Waals surface area contributed by atoms with Crippen LogP contribution in [0.25, 0.3) is 0 Å². The monoisotopic (exact) mass is 482 g/mol. The van der Waals surface area contributed by atoms with Crippen LogP contribution >= 0.6 is 0 Å². The van der Waals surface area contributed by atoms with E-state index in [-0.39, 0.29) is 40.9 Å². The van der Waals surface area contributed by atoms with Crippen molar-refractivity contribution >= 4 is 5.78 Å². The van der Waals surface area contributed by atoms with E-state index in [0.29, 0.717) is 16.9 Å². The molecule has 0 aliphatic carbocycles. The molecule has 0 radical (unpaired) electrons. The van der Waals surface area contributed by atoms with E-state index in [9.17, 15) is 30.3 Å². The summed E-state index contributed by atoms with van der Waals surface area (Å²) in [4.78, 5) is 12.7. The zero-order valence-corrected chi connectivity index (χ0v) is 18.4. The van der Waals surface area contributed by atoms with Crippen molar-refractivity contribution in [3.63, 3.8) is 0 Å². The van der Waals surface area contributed by atoms with Crippen LogP contribution in [0.2, 0.25) is 0 Å². The summed E-state index contributed by atoms with van der Waals surface area (Å²) in [5.74, 6) is -0.823. The van der Waals surface area contributed by atoms with Crippen LogP contribution in [-0.4, -0.2) is 57.2 Å². The van der Waals surface area contributed by atoms with Crippen molar-refractivity contribution in [2.24, 2.45) is 0 Å². The smallest absolute Gasteiger partial charge is 0.202 e. The van der Waals surface area contributed by atoms with E-state index in [0.717, 1.165) is 6.07 Å². The van der Waals surface area contributed by atoms with Crippen LogP contribution in [0.3, 0.4) is 0 Å². The minimum Gasteiger partial charge on any atom is -0.508 e. The lowest BCUT2D eigenvalue weighted by Crippen LogP contribution is -2.37. The van der Waals surface area contributed by atoms with E-state index in [1.165, 1.54) is 19.2 Å². The van der Waals surface area contributed by atoms with Gasteiger partial charge in [-0.2, -0.15) is 0 Å². The van der Waals surface area contributed by atoms with Crippen LogP contribution in [0, 0.1) is 0 Å². The molecule has 0 bridgehead atoms. The number of hydrogen-bond donors (Lipinski definition) is 5. The van der Waals surface area contributed by atoms with Crippen molar-refractivity contribution in [2.45, 2.75) is 24.4 Å². The number of fused-ring (bicyclic) bond motifs is 2. The van der Waals surface area contributed by atoms with Crippen molar-refractivity contribution in [2.75, 3.05) is 13.7 Å². The van der Waals surface area contributed by atoms with E-state index < -0.39 is 35.9 Å². The Kier molecular flexibility index (Phi) is 5.54. The zero-order valence-electron chi connectivity index (χ0n) is 18.4. The lowest BCUT2D eigenvalue weighted by molar-refractivity contribution is -0.0130. The van der Waals surface area contributed by atoms with Crippen LogP contribution in [0.4, 0.5) is 0 Å². The summed E-state index contributed by atoms with van der Waals surface area (Å²) in [6.07, 6.45) is -4.28. The van der Waals surface area contributed by atoms with Crippen LogP contribution in [0.5, 0.6) is 40.2 Å². The van der Waals surface area contributed by atoms with E-state index in [1.54, 1.807) is 30.3 Å². The molecule has 5 N–H and O–H groups in total. The molecule has 2 aliphatic rings. The molecule has 182 valence electrons. The standard InChI is InChI=1S/C25H22O10/c1-32-17-6-11(2-4-14(17)28)24-20(10-26)33-16-5-3-12(7-18(16)34-24)25-23(31)22(30)21-15(29)8-13(27)9-19(21)35-25/h2-9,20,23-29,31H,10H2,1H3/t20-,23-,24-,25-/m0/s1. The topological polar surface area (TPSA) is 155 Å². The molecule has 3 aromatic carbocycles. The highest BCUT2D eigenvalue weighted by atomic mass is 16.6. The third kappa shape index (κ3) is 3.82. The number of phenolic OH excluding ortho intramolecular Hbond substituents is 3. The maximum atomic E-state index is 12.7. The molecule has 0 unspecified atom stereocenters. The second-order valence-corrected chi connectivity index (χ2v) is 8.20. The number of carbonyl (C=O) groups is 1. The maximum absolute atomic E-state index is 12.7. The normalized spacial score (nSPS) is 22.8. The Morgan fingerprint density at radius 2 is 1.54 bits per heavy atom. The third-order valence-corrected chi connectivity index (χ3v) is 6.00. The Balaban J connectivity index is 1.49. The summed E-state index contributed by atoms with van der Waals surface area (Å²) in [7, 11) is 1.41. The fourth-order valence-corrected chi connectivity index (χ4v) is 4.28. The summed E-state index contributed by atoms with van der Waals surface area (Å²) in [5.41, 5.74) is 0.751. The van der Waals surface area contributed by atoms with Gasteiger partial charge < -0.3 is 44.5 Å². The molecule has 5 rings (SSSR count). The molecule has 2 heterocycles. The number of Topliss-reactive ketones (excluding diaryl/α,β-unsaturated/α-hetero) is 1. The molecule has 0 amide bonds. The molecule has 0 fully saturated rings. The lowest BCUT2D eigenvalue weighted by atomic mass is 9.92. The van der Waals surface area contributed by atoms with Gasteiger partial charge in [0.05, 0.1) is 13.7 Å². The van der Waals surface area contributed by atoms with Crippen molar-refractivity contribution in [3.8, 4) is 40.2 Å². The number of aliphatic hydroxyl groups is 2. The number of hydrogen-bond acceptors (Lipinski definition) is 10. The molecule has 10 heteroatoms. The van der Waals surface area contributed by atoms with Gasteiger partial charge in [-0.3, -0.25) is 4.79 Å². The molecule has 2 aliphatic heterocycles. The summed E-state index contributed by atoms with van der Waals surface area (Å²) < 4.78 is 23.0. The number of aromatic hydroxyl groups is 3. The maximum Gasteiger partial charge on any atom is 0.202 e. The quantitative estimate of drug-likeness (QED) is 0.374. The highest BCUT2D eigenvalue weighted by molar-refractivity contribution is 6.05. The first-order valence-corrected chi connectivity index (χ1v) is 10.7. The van der Waals surface area contributed by atoms with Crippen molar-refractivity contribution < 1.29 is 49.3 Å². The fourth-order valence-electron chi connectivity index (χ4n) is 4.28. The van der Waals surface area contributed by atoms with Crippen LogP contribution in [-0.2, 0) is 0 Å². The zero-order chi connectivity index (χ0) is 24.9. The highest BCUT2D eigenvalue weighted by Gasteiger charge is 2.40. The first kappa shape index (κ1) is 22.6. The Bertz CT molecular complexity index is 1300. The highest BCUT2D eigenvalue weighted by Crippen LogP contribution is 2.45. The molecule has 4 atom stereocenters. The van der Waals surface area contributed by atoms with Gasteiger partial charge in [0.2, 0.25) is 5.78 Å². The van der Waals surface area contributed by atoms with Crippen molar-refractivity contribution in [1.29, 1.82) is 0 Å². The number of rotatable bonds is 4. The van der Waals surface area contributed by atoms with Gasteiger partial charge in [-0.25, -0.2) is 0 Å². The molecule has 35 heavy (non-hydrogen) atoms. The molecule has 0 spiro atoms. The minimum absolute atomic E-state index is 0.0540. The average Bonchev–Trinajstić information content (AvgIpc) is 2.85. The van der Waals surface area contributed by atoms with Crippen LogP contribution < -0.4 is 18.9 Å². The lowest BCUT2D eigenvalue weighted by Gasteiger charge is -2.35. The number of methoxy groups -OCH3 is 1. The Labute approximate surface area is 199 Å². The minimum atomic E-state index is -1.62. The SMILES string of the molecule is COc1cc([C@@H]2Oc3cc([C@@H]4Oc5cc(O)cc(O)c5C(=O)[C@@H]4O)ccc3O[C@H]2CO)ccc1O. The Morgan fingerprint density at radius 3 is 2.29 bits per heavy atom. The van der Waals surface area contributed by atoms with Gasteiger partial charge in [-0.05, 0) is 29.8 Å². The van der Waals surface area contributed by atoms with Crippen molar-refractivity contribution in [1.82, 2.24) is 0 Å².